The lowest BCUT2D eigenvalue weighted by Crippen LogP contribution is -2.41. The van der Waals surface area contributed by atoms with Gasteiger partial charge < -0.3 is 4.90 Å². The van der Waals surface area contributed by atoms with Gasteiger partial charge in [0.2, 0.25) is 10.0 Å². The minimum Gasteiger partial charge on any atom is -0.342 e. The van der Waals surface area contributed by atoms with Crippen LogP contribution in [0.1, 0.15) is 25.0 Å². The van der Waals surface area contributed by atoms with Crippen LogP contribution in [0.15, 0.2) is 62.7 Å². The first kappa shape index (κ1) is 21.5. The second-order valence-electron chi connectivity index (χ2n) is 7.18. The van der Waals surface area contributed by atoms with E-state index in [1.54, 1.807) is 55.1 Å². The first-order valence-electron chi connectivity index (χ1n) is 9.26. The molecule has 1 aliphatic rings. The molecule has 0 aliphatic carbocycles. The molecule has 2 aromatic rings. The highest BCUT2D eigenvalue weighted by Gasteiger charge is 2.38. The van der Waals surface area contributed by atoms with E-state index in [9.17, 15) is 16.8 Å². The van der Waals surface area contributed by atoms with Crippen LogP contribution in [0.3, 0.4) is 0 Å². The molecule has 1 fully saturated rings. The summed E-state index contributed by atoms with van der Waals surface area (Å²) in [4.78, 5) is 2.02. The smallest absolute Gasteiger partial charge is 0.283 e. The van der Waals surface area contributed by atoms with Crippen LogP contribution in [0.2, 0.25) is 0 Å². The van der Waals surface area contributed by atoms with Gasteiger partial charge in [0.25, 0.3) is 10.0 Å². The number of sulfonamides is 2. The standard InChI is InChI=1S/C20H25N3O4S2/c1-15-5-9-19(10-6-15)28(24,25)21-17(3)22-13-14-23(18(22)4)29(26,27)20-11-7-16(2)8-12-20/h5-12,18H,13-14H2,1-4H3/b21-17-. The van der Waals surface area contributed by atoms with Gasteiger partial charge in [0.05, 0.1) is 16.0 Å². The molecule has 0 saturated carbocycles. The summed E-state index contributed by atoms with van der Waals surface area (Å²) in [6.07, 6.45) is -0.543. The molecule has 3 rings (SSSR count). The summed E-state index contributed by atoms with van der Waals surface area (Å²) in [7, 11) is -7.55. The van der Waals surface area contributed by atoms with E-state index < -0.39 is 26.2 Å². The lowest BCUT2D eigenvalue weighted by atomic mass is 10.2. The third kappa shape index (κ3) is 4.36. The minimum atomic E-state index is -3.87. The molecule has 1 aliphatic heterocycles. The summed E-state index contributed by atoms with van der Waals surface area (Å²) < 4.78 is 56.5. The quantitative estimate of drug-likeness (QED) is 0.544. The summed E-state index contributed by atoms with van der Waals surface area (Å²) in [5.74, 6) is 0.264. The Bertz CT molecular complexity index is 1120. The number of aryl methyl sites for hydroxylation is 2. The highest BCUT2D eigenvalue weighted by atomic mass is 32.2. The Kier molecular flexibility index (Phi) is 5.84. The van der Waals surface area contributed by atoms with E-state index in [4.69, 9.17) is 0 Å². The van der Waals surface area contributed by atoms with Crippen LogP contribution in [0.4, 0.5) is 0 Å². The molecule has 1 saturated heterocycles. The van der Waals surface area contributed by atoms with Crippen LogP contribution in [0, 0.1) is 13.8 Å². The largest absolute Gasteiger partial charge is 0.342 e. The Labute approximate surface area is 172 Å². The van der Waals surface area contributed by atoms with E-state index in [0.717, 1.165) is 11.1 Å². The number of nitrogens with zero attached hydrogens (tertiary/aromatic N) is 3. The van der Waals surface area contributed by atoms with Gasteiger partial charge in [-0.05, 0) is 52.0 Å². The summed E-state index contributed by atoms with van der Waals surface area (Å²) in [5.41, 5.74) is 1.93. The first-order valence-corrected chi connectivity index (χ1v) is 12.1. The van der Waals surface area contributed by atoms with Gasteiger partial charge in [0.15, 0.2) is 0 Å². The lowest BCUT2D eigenvalue weighted by molar-refractivity contribution is 0.301. The second-order valence-corrected chi connectivity index (χ2v) is 10.7. The number of rotatable bonds is 4. The van der Waals surface area contributed by atoms with Crippen LogP contribution in [0.5, 0.6) is 0 Å². The van der Waals surface area contributed by atoms with Gasteiger partial charge in [-0.3, -0.25) is 0 Å². The molecule has 0 amide bonds. The molecule has 29 heavy (non-hydrogen) atoms. The molecule has 1 atom stereocenters. The maximum atomic E-state index is 13.0. The average molecular weight is 436 g/mol. The molecule has 7 nitrogen and oxygen atoms in total. The monoisotopic (exact) mass is 435 g/mol. The van der Waals surface area contributed by atoms with Crippen LogP contribution >= 0.6 is 0 Å². The molecule has 1 unspecified atom stereocenters. The number of benzene rings is 2. The Morgan fingerprint density at radius 1 is 0.862 bits per heavy atom. The Hall–Kier alpha value is -2.23. The molecular weight excluding hydrogens is 410 g/mol. The minimum absolute atomic E-state index is 0.110. The topological polar surface area (TPSA) is 87.1 Å². The molecule has 0 bridgehead atoms. The van der Waals surface area contributed by atoms with Gasteiger partial charge in [-0.15, -0.1) is 4.40 Å². The van der Waals surface area contributed by atoms with E-state index in [1.165, 1.54) is 16.4 Å². The molecule has 0 N–H and O–H groups in total. The molecule has 2 aromatic carbocycles. The highest BCUT2D eigenvalue weighted by molar-refractivity contribution is 7.90. The van der Waals surface area contributed by atoms with Crippen molar-refractivity contribution in [1.82, 2.24) is 9.21 Å². The number of hydrogen-bond donors (Lipinski definition) is 0. The summed E-state index contributed by atoms with van der Waals surface area (Å²) >= 11 is 0. The van der Waals surface area contributed by atoms with Gasteiger partial charge >= 0.3 is 0 Å². The van der Waals surface area contributed by atoms with Crippen molar-refractivity contribution >= 4 is 25.9 Å². The van der Waals surface area contributed by atoms with Gasteiger partial charge in [-0.1, -0.05) is 35.4 Å². The molecule has 156 valence electrons. The van der Waals surface area contributed by atoms with Crippen molar-refractivity contribution in [3.05, 3.63) is 59.7 Å². The fourth-order valence-electron chi connectivity index (χ4n) is 3.32. The molecule has 0 radical (unpaired) electrons. The summed E-state index contributed by atoms with van der Waals surface area (Å²) in [5, 5.41) is 0. The van der Waals surface area contributed by atoms with Crippen LogP contribution < -0.4 is 0 Å². The highest BCUT2D eigenvalue weighted by Crippen LogP contribution is 2.25. The zero-order chi connectivity index (χ0) is 21.4. The predicted octanol–water partition coefficient (Wildman–Crippen LogP) is 2.76. The van der Waals surface area contributed by atoms with Crippen LogP contribution in [-0.4, -0.2) is 51.1 Å². The molecule has 1 heterocycles. The van der Waals surface area contributed by atoms with Gasteiger partial charge in [0, 0.05) is 13.1 Å². The second kappa shape index (κ2) is 7.89. The Balaban J connectivity index is 1.85. The maximum Gasteiger partial charge on any atom is 0.283 e. The van der Waals surface area contributed by atoms with Crippen molar-refractivity contribution in [2.24, 2.45) is 4.40 Å². The van der Waals surface area contributed by atoms with Crippen molar-refractivity contribution in [3.63, 3.8) is 0 Å². The number of hydrogen-bond acceptors (Lipinski definition) is 4. The van der Waals surface area contributed by atoms with Crippen molar-refractivity contribution in [1.29, 1.82) is 0 Å². The molecule has 9 heteroatoms. The summed E-state index contributed by atoms with van der Waals surface area (Å²) in [6.45, 7) is 7.71. The third-order valence-corrected chi connectivity index (χ3v) is 8.39. The normalized spacial score (nSPS) is 19.0. The molecule has 0 spiro atoms. The zero-order valence-electron chi connectivity index (χ0n) is 16.9. The van der Waals surface area contributed by atoms with E-state index >= 15 is 0 Å². The predicted molar refractivity (Wildman–Crippen MR) is 113 cm³/mol. The Morgan fingerprint density at radius 3 is 1.86 bits per heavy atom. The third-order valence-electron chi connectivity index (χ3n) is 5.04. The van der Waals surface area contributed by atoms with E-state index in [-0.39, 0.29) is 22.2 Å². The maximum absolute atomic E-state index is 13.0. The first-order chi connectivity index (χ1) is 13.5. The molecule has 0 aromatic heterocycles. The Morgan fingerprint density at radius 2 is 1.34 bits per heavy atom. The van der Waals surface area contributed by atoms with Crippen LogP contribution in [0.25, 0.3) is 0 Å². The van der Waals surface area contributed by atoms with Crippen molar-refractivity contribution in [3.8, 4) is 0 Å². The van der Waals surface area contributed by atoms with Gasteiger partial charge in [-0.25, -0.2) is 8.42 Å². The fraction of sp³-hybridized carbons (Fsp3) is 0.350. The van der Waals surface area contributed by atoms with Crippen molar-refractivity contribution in [2.75, 3.05) is 13.1 Å². The lowest BCUT2D eigenvalue weighted by Gasteiger charge is -2.27. The number of amidine groups is 1. The molecular formula is C20H25N3O4S2. The van der Waals surface area contributed by atoms with Crippen LogP contribution in [-0.2, 0) is 20.0 Å². The summed E-state index contributed by atoms with van der Waals surface area (Å²) in [6, 6.07) is 13.1. The van der Waals surface area contributed by atoms with Gasteiger partial charge in [0.1, 0.15) is 5.84 Å². The van der Waals surface area contributed by atoms with E-state index in [2.05, 4.69) is 4.40 Å². The van der Waals surface area contributed by atoms with E-state index in [0.29, 0.717) is 6.54 Å². The SMILES string of the molecule is C/C(=N/S(=O)(=O)c1ccc(C)cc1)N1CCN(S(=O)(=O)c2ccc(C)cc2)C1C. The fourth-order valence-corrected chi connectivity index (χ4v) is 5.95. The van der Waals surface area contributed by atoms with Crippen molar-refractivity contribution in [2.45, 2.75) is 43.7 Å². The van der Waals surface area contributed by atoms with Gasteiger partial charge in [-0.2, -0.15) is 12.7 Å². The average Bonchev–Trinajstić information content (AvgIpc) is 3.04. The van der Waals surface area contributed by atoms with Crippen molar-refractivity contribution < 1.29 is 16.8 Å². The zero-order valence-corrected chi connectivity index (χ0v) is 18.5. The van der Waals surface area contributed by atoms with E-state index in [1.807, 2.05) is 13.8 Å².